The lowest BCUT2D eigenvalue weighted by Crippen LogP contribution is -2.36. The first-order valence-corrected chi connectivity index (χ1v) is 9.79. The number of hydrogen-bond donors (Lipinski definition) is 1. The van der Waals surface area contributed by atoms with E-state index in [2.05, 4.69) is 4.98 Å². The van der Waals surface area contributed by atoms with Crippen molar-refractivity contribution in [3.63, 3.8) is 0 Å². The third kappa shape index (κ3) is 2.64. The molecule has 136 valence electrons. The van der Waals surface area contributed by atoms with Gasteiger partial charge in [0.15, 0.2) is 0 Å². The minimum atomic E-state index is -3.71. The van der Waals surface area contributed by atoms with E-state index >= 15 is 0 Å². The van der Waals surface area contributed by atoms with Crippen molar-refractivity contribution >= 4 is 20.9 Å². The fourth-order valence-corrected chi connectivity index (χ4v) is 5.05. The van der Waals surface area contributed by atoms with Crippen LogP contribution < -0.4 is 9.47 Å². The highest BCUT2D eigenvalue weighted by atomic mass is 32.2. The van der Waals surface area contributed by atoms with Crippen molar-refractivity contribution in [3.05, 3.63) is 53.7 Å². The Bertz CT molecular complexity index is 1070. The predicted octanol–water partition coefficient (Wildman–Crippen LogP) is 2.93. The number of para-hydroxylation sites is 1. The van der Waals surface area contributed by atoms with E-state index in [-0.39, 0.29) is 4.90 Å². The van der Waals surface area contributed by atoms with Crippen LogP contribution in [0.2, 0.25) is 0 Å². The van der Waals surface area contributed by atoms with E-state index < -0.39 is 10.0 Å². The third-order valence-electron chi connectivity index (χ3n) is 4.84. The molecule has 0 aliphatic carbocycles. The van der Waals surface area contributed by atoms with Crippen molar-refractivity contribution in [3.8, 4) is 11.5 Å². The summed E-state index contributed by atoms with van der Waals surface area (Å²) in [5.41, 5.74) is 3.18. The van der Waals surface area contributed by atoms with Gasteiger partial charge in [0.1, 0.15) is 16.4 Å². The van der Waals surface area contributed by atoms with Crippen LogP contribution in [0.25, 0.3) is 10.9 Å². The van der Waals surface area contributed by atoms with Gasteiger partial charge in [0, 0.05) is 42.2 Å². The standard InChI is InChI=1S/C19H20N2O4S/c1-24-13-7-8-18(25-2)19(11-13)26(22,23)21-10-9-17-15(12-21)14-5-3-4-6-16(14)20-17/h3-8,11,20H,9-10,12H2,1-2H3. The molecule has 0 atom stereocenters. The van der Waals surface area contributed by atoms with Crippen LogP contribution in [-0.4, -0.2) is 38.5 Å². The van der Waals surface area contributed by atoms with Crippen molar-refractivity contribution in [2.45, 2.75) is 17.9 Å². The zero-order valence-corrected chi connectivity index (χ0v) is 15.5. The summed E-state index contributed by atoms with van der Waals surface area (Å²) in [6, 6.07) is 12.8. The molecule has 0 spiro atoms. The summed E-state index contributed by atoms with van der Waals surface area (Å²) in [5, 5.41) is 1.07. The number of sulfonamides is 1. The molecule has 0 saturated heterocycles. The number of aromatic nitrogens is 1. The maximum Gasteiger partial charge on any atom is 0.247 e. The molecule has 1 aliphatic heterocycles. The van der Waals surface area contributed by atoms with Crippen LogP contribution in [0.1, 0.15) is 11.3 Å². The molecular formula is C19H20N2O4S. The van der Waals surface area contributed by atoms with Crippen molar-refractivity contribution in [1.29, 1.82) is 0 Å². The average molecular weight is 372 g/mol. The highest BCUT2D eigenvalue weighted by Gasteiger charge is 2.32. The molecular weight excluding hydrogens is 352 g/mol. The number of nitrogens with zero attached hydrogens (tertiary/aromatic N) is 1. The molecule has 2 aromatic carbocycles. The summed E-state index contributed by atoms with van der Waals surface area (Å²) >= 11 is 0. The first kappa shape index (κ1) is 16.9. The van der Waals surface area contributed by atoms with Gasteiger partial charge in [-0.15, -0.1) is 0 Å². The molecule has 0 saturated carbocycles. The Morgan fingerprint density at radius 1 is 1.08 bits per heavy atom. The summed E-state index contributed by atoms with van der Waals surface area (Å²) in [6.45, 7) is 0.755. The third-order valence-corrected chi connectivity index (χ3v) is 6.70. The SMILES string of the molecule is COc1ccc(OC)c(S(=O)(=O)N2CCc3[nH]c4ccccc4c3C2)c1. The molecule has 0 amide bonds. The van der Waals surface area contributed by atoms with Crippen LogP contribution in [0.4, 0.5) is 0 Å². The molecule has 0 radical (unpaired) electrons. The monoisotopic (exact) mass is 372 g/mol. The molecule has 1 aliphatic rings. The summed E-state index contributed by atoms with van der Waals surface area (Å²) in [7, 11) is -0.734. The number of fused-ring (bicyclic) bond motifs is 3. The van der Waals surface area contributed by atoms with Gasteiger partial charge in [0.05, 0.1) is 14.2 Å². The number of hydrogen-bond acceptors (Lipinski definition) is 4. The molecule has 1 N–H and O–H groups in total. The quantitative estimate of drug-likeness (QED) is 0.764. The van der Waals surface area contributed by atoms with Gasteiger partial charge >= 0.3 is 0 Å². The lowest BCUT2D eigenvalue weighted by molar-refractivity contribution is 0.373. The summed E-state index contributed by atoms with van der Waals surface area (Å²) in [5.74, 6) is 0.796. The van der Waals surface area contributed by atoms with Gasteiger partial charge in [-0.25, -0.2) is 8.42 Å². The van der Waals surface area contributed by atoms with Gasteiger partial charge in [0.25, 0.3) is 0 Å². The summed E-state index contributed by atoms with van der Waals surface area (Å²) in [4.78, 5) is 3.53. The molecule has 2 heterocycles. The Labute approximate surface area is 152 Å². The zero-order chi connectivity index (χ0) is 18.3. The highest BCUT2D eigenvalue weighted by Crippen LogP contribution is 2.34. The second-order valence-electron chi connectivity index (χ2n) is 6.23. The lowest BCUT2D eigenvalue weighted by atomic mass is 10.1. The smallest absolute Gasteiger partial charge is 0.247 e. The van der Waals surface area contributed by atoms with E-state index in [1.54, 1.807) is 12.1 Å². The van der Waals surface area contributed by atoms with Gasteiger partial charge in [-0.3, -0.25) is 0 Å². The van der Waals surface area contributed by atoms with E-state index in [4.69, 9.17) is 9.47 Å². The van der Waals surface area contributed by atoms with E-state index in [1.807, 2.05) is 24.3 Å². The van der Waals surface area contributed by atoms with E-state index in [1.165, 1.54) is 24.6 Å². The topological polar surface area (TPSA) is 71.6 Å². The molecule has 3 aromatic rings. The molecule has 1 aromatic heterocycles. The Balaban J connectivity index is 1.76. The highest BCUT2D eigenvalue weighted by molar-refractivity contribution is 7.89. The number of aromatic amines is 1. The minimum absolute atomic E-state index is 0.127. The van der Waals surface area contributed by atoms with E-state index in [0.717, 1.165) is 22.2 Å². The molecule has 6 nitrogen and oxygen atoms in total. The maximum absolute atomic E-state index is 13.3. The average Bonchev–Trinajstić information content (AvgIpc) is 3.05. The number of nitrogens with one attached hydrogen (secondary N) is 1. The zero-order valence-electron chi connectivity index (χ0n) is 14.7. The van der Waals surface area contributed by atoms with Crippen molar-refractivity contribution in [2.75, 3.05) is 20.8 Å². The maximum atomic E-state index is 13.3. The van der Waals surface area contributed by atoms with Crippen LogP contribution in [0.5, 0.6) is 11.5 Å². The number of H-pyrrole nitrogens is 1. The first-order valence-electron chi connectivity index (χ1n) is 8.35. The Morgan fingerprint density at radius 2 is 1.88 bits per heavy atom. The van der Waals surface area contributed by atoms with Crippen LogP contribution in [-0.2, 0) is 23.0 Å². The molecule has 0 unspecified atom stereocenters. The fourth-order valence-electron chi connectivity index (χ4n) is 3.47. The second kappa shape index (κ2) is 6.34. The van der Waals surface area contributed by atoms with Gasteiger partial charge in [-0.1, -0.05) is 18.2 Å². The number of ether oxygens (including phenoxy) is 2. The van der Waals surface area contributed by atoms with Gasteiger partial charge < -0.3 is 14.5 Å². The molecule has 0 fully saturated rings. The largest absolute Gasteiger partial charge is 0.497 e. The number of rotatable bonds is 4. The number of methoxy groups -OCH3 is 2. The second-order valence-corrected chi connectivity index (χ2v) is 8.14. The molecule has 4 rings (SSSR count). The van der Waals surface area contributed by atoms with Crippen molar-refractivity contribution in [2.24, 2.45) is 0 Å². The fraction of sp³-hybridized carbons (Fsp3) is 0.263. The van der Waals surface area contributed by atoms with E-state index in [9.17, 15) is 8.42 Å². The normalized spacial score (nSPS) is 15.0. The van der Waals surface area contributed by atoms with Crippen LogP contribution in [0.3, 0.4) is 0 Å². The Kier molecular flexibility index (Phi) is 4.13. The summed E-state index contributed by atoms with van der Waals surface area (Å²) < 4.78 is 38.5. The van der Waals surface area contributed by atoms with Crippen molar-refractivity contribution < 1.29 is 17.9 Å². The molecule has 26 heavy (non-hydrogen) atoms. The van der Waals surface area contributed by atoms with E-state index in [0.29, 0.717) is 31.0 Å². The lowest BCUT2D eigenvalue weighted by Gasteiger charge is -2.27. The van der Waals surface area contributed by atoms with Crippen molar-refractivity contribution in [1.82, 2.24) is 9.29 Å². The Hall–Kier alpha value is -2.51. The van der Waals surface area contributed by atoms with Gasteiger partial charge in [-0.2, -0.15) is 4.31 Å². The van der Waals surface area contributed by atoms with Crippen LogP contribution in [0.15, 0.2) is 47.4 Å². The van der Waals surface area contributed by atoms with Crippen LogP contribution >= 0.6 is 0 Å². The number of benzene rings is 2. The molecule has 0 bridgehead atoms. The molecule has 7 heteroatoms. The first-order chi connectivity index (χ1) is 12.5. The summed E-state index contributed by atoms with van der Waals surface area (Å²) in [6.07, 6.45) is 0.648. The van der Waals surface area contributed by atoms with Crippen LogP contribution in [0, 0.1) is 0 Å². The van der Waals surface area contributed by atoms with Gasteiger partial charge in [0.2, 0.25) is 10.0 Å². The Morgan fingerprint density at radius 3 is 2.65 bits per heavy atom. The predicted molar refractivity (Wildman–Crippen MR) is 99.1 cm³/mol. The minimum Gasteiger partial charge on any atom is -0.497 e. The van der Waals surface area contributed by atoms with Gasteiger partial charge in [-0.05, 0) is 23.8 Å².